The quantitative estimate of drug-likeness (QED) is 0.0976. The number of aliphatic carboxylic acids is 6. The van der Waals surface area contributed by atoms with Crippen molar-refractivity contribution in [2.75, 3.05) is 0 Å². The Bertz CT molecular complexity index is 610. The van der Waals surface area contributed by atoms with Crippen molar-refractivity contribution in [3.63, 3.8) is 0 Å². The van der Waals surface area contributed by atoms with Crippen molar-refractivity contribution in [1.29, 1.82) is 0 Å². The third-order valence-corrected chi connectivity index (χ3v) is 2.57. The van der Waals surface area contributed by atoms with Gasteiger partial charge < -0.3 is 51.1 Å². The Hall–Kier alpha value is 2.31. The second-order valence-electron chi connectivity index (χ2n) is 5.24. The molecule has 0 atom stereocenters. The molecule has 0 amide bonds. The van der Waals surface area contributed by atoms with E-state index in [1.807, 2.05) is 0 Å². The summed E-state index contributed by atoms with van der Waals surface area (Å²) in [7, 11) is 0. The topological polar surface area (TPSA) is 322 Å². The molecule has 0 radical (unpaired) electrons. The van der Waals surface area contributed by atoms with Crippen molar-refractivity contribution in [2.45, 2.75) is 36.9 Å². The molecule has 0 rings (SSSR count). The number of carboxylic acid groups (broad SMARTS) is 8. The van der Waals surface area contributed by atoms with Gasteiger partial charge in [-0.3, -0.25) is 19.2 Å². The minimum atomic E-state index is -2.74. The van der Waals surface area contributed by atoms with Crippen LogP contribution in [0, 0.1) is 0 Å². The van der Waals surface area contributed by atoms with E-state index >= 15 is 0 Å². The number of aliphatic hydroxyl groups is 2. The maximum atomic E-state index is 10.3. The molecule has 0 aromatic carbocycles. The van der Waals surface area contributed by atoms with Crippen molar-refractivity contribution in [1.82, 2.24) is 0 Å². The monoisotopic (exact) mass is 656 g/mol. The van der Waals surface area contributed by atoms with E-state index in [1.165, 1.54) is 0 Å². The molecule has 0 unspecified atom stereocenters. The Morgan fingerprint density at radius 1 is 0.400 bits per heavy atom. The summed E-state index contributed by atoms with van der Waals surface area (Å²) in [5.41, 5.74) is -5.48. The van der Waals surface area contributed by atoms with Crippen molar-refractivity contribution < 1.29 is 84.6 Å². The molecule has 0 bridgehead atoms. The predicted molar refractivity (Wildman–Crippen MR) is 128 cm³/mol. The van der Waals surface area contributed by atoms with Crippen molar-refractivity contribution in [3.8, 4) is 0 Å². The second-order valence-corrected chi connectivity index (χ2v) is 5.24. The van der Waals surface area contributed by atoms with E-state index in [0.717, 1.165) is 0 Å². The standard InChI is InChI=1S/2C6H8O7.CH2O3.5Ca.10H/c2*7-3(8)1-6(13,5(11)12)2-4(9)10;2-1(3)4;;;;;;;;;;;;;;;/h2*13H,1-2H2,(H,7,8)(H,9,10)(H,11,12);(H2,2,3,4);;;;;;;;;;;;;;;. The average Bonchev–Trinajstić information content (AvgIpc) is 2.43. The van der Waals surface area contributed by atoms with Gasteiger partial charge in [0.15, 0.2) is 11.2 Å². The Morgan fingerprint density at radius 3 is 0.571 bits per heavy atom. The molecule has 35 heavy (non-hydrogen) atoms. The van der Waals surface area contributed by atoms with Gasteiger partial charge in [0.05, 0.1) is 25.7 Å². The molecule has 17 nitrogen and oxygen atoms in total. The number of hydrogen-bond donors (Lipinski definition) is 10. The van der Waals surface area contributed by atoms with E-state index in [2.05, 4.69) is 0 Å². The average molecular weight is 657 g/mol. The Morgan fingerprint density at radius 2 is 0.514 bits per heavy atom. The molecule has 22 heteroatoms. The van der Waals surface area contributed by atoms with Gasteiger partial charge in [-0.25, -0.2) is 14.4 Å². The van der Waals surface area contributed by atoms with Gasteiger partial charge in [0.2, 0.25) is 0 Å². The summed E-state index contributed by atoms with van der Waals surface area (Å²) in [5, 5.41) is 81.6. The Kier molecular flexibility index (Phi) is 47.9. The zero-order valence-electron chi connectivity index (χ0n) is 14.7. The van der Waals surface area contributed by atoms with Gasteiger partial charge in [0.25, 0.3) is 0 Å². The first-order valence-corrected chi connectivity index (χ1v) is 6.99. The van der Waals surface area contributed by atoms with Crippen LogP contribution in [0.4, 0.5) is 4.79 Å². The summed E-state index contributed by atoms with van der Waals surface area (Å²) in [4.78, 5) is 69.5. The zero-order chi connectivity index (χ0) is 24.9. The van der Waals surface area contributed by atoms with Gasteiger partial charge in [-0.05, 0) is 0 Å². The molecule has 0 aliphatic heterocycles. The molecular weight excluding hydrogens is 629 g/mol. The van der Waals surface area contributed by atoms with E-state index in [-0.39, 0.29) is 189 Å². The first-order chi connectivity index (χ1) is 13.3. The van der Waals surface area contributed by atoms with Gasteiger partial charge in [-0.2, -0.15) is 0 Å². The van der Waals surface area contributed by atoms with Crippen LogP contribution in [-0.2, 0) is 28.8 Å². The fourth-order valence-corrected chi connectivity index (χ4v) is 1.43. The van der Waals surface area contributed by atoms with E-state index in [9.17, 15) is 28.8 Å². The first kappa shape index (κ1) is 57.3. The van der Waals surface area contributed by atoms with E-state index < -0.39 is 78.9 Å². The third-order valence-electron chi connectivity index (χ3n) is 2.57. The van der Waals surface area contributed by atoms with Crippen LogP contribution in [0.3, 0.4) is 0 Å². The van der Waals surface area contributed by atoms with Crippen LogP contribution in [0.2, 0.25) is 0 Å². The zero-order valence-corrected chi connectivity index (χ0v) is 14.7. The Labute approximate surface area is 345 Å². The molecule has 0 heterocycles. The third kappa shape index (κ3) is 36.3. The van der Waals surface area contributed by atoms with Crippen LogP contribution in [0.25, 0.3) is 0 Å². The summed E-state index contributed by atoms with van der Waals surface area (Å²) >= 11 is 0. The molecule has 10 N–H and O–H groups in total. The summed E-state index contributed by atoms with van der Waals surface area (Å²) in [6, 6.07) is 0. The summed E-state index contributed by atoms with van der Waals surface area (Å²) < 4.78 is 0. The van der Waals surface area contributed by atoms with Crippen LogP contribution in [0.5, 0.6) is 0 Å². The van der Waals surface area contributed by atoms with Crippen molar-refractivity contribution in [3.05, 3.63) is 0 Å². The van der Waals surface area contributed by atoms with Gasteiger partial charge in [0.1, 0.15) is 0 Å². The first-order valence-electron chi connectivity index (χ1n) is 6.99. The van der Waals surface area contributed by atoms with Crippen LogP contribution >= 0.6 is 0 Å². The molecule has 0 spiro atoms. The number of rotatable bonds is 10. The van der Waals surface area contributed by atoms with Crippen LogP contribution in [0.1, 0.15) is 25.7 Å². The SMILES string of the molecule is O=C(O)CC(O)(CC(=O)O)C(=O)O.O=C(O)CC(O)(CC(=O)O)C(=O)O.O=C(O)O.[CaH2].[CaH2].[CaH2].[CaH2].[CaH2]. The normalized spacial score (nSPS) is 8.74. The molecule has 0 fully saturated rings. The van der Waals surface area contributed by atoms with E-state index in [4.69, 9.17) is 55.9 Å². The van der Waals surface area contributed by atoms with Crippen LogP contribution < -0.4 is 0 Å². The van der Waals surface area contributed by atoms with Gasteiger partial charge >= 0.3 is 231 Å². The molecule has 0 saturated carbocycles. The number of hydrogen-bond acceptors (Lipinski definition) is 9. The van der Waals surface area contributed by atoms with Crippen molar-refractivity contribution in [2.24, 2.45) is 0 Å². The fraction of sp³-hybridized carbons (Fsp3) is 0.462. The van der Waals surface area contributed by atoms with Gasteiger partial charge in [0, 0.05) is 0 Å². The molecule has 0 saturated heterocycles. The van der Waals surface area contributed by atoms with Gasteiger partial charge in [-0.15, -0.1) is 0 Å². The summed E-state index contributed by atoms with van der Waals surface area (Å²) in [6.45, 7) is 0. The molecule has 0 aliphatic rings. The molecular formula is C13H28Ca5O17. The van der Waals surface area contributed by atoms with Gasteiger partial charge in [-0.1, -0.05) is 0 Å². The Balaban J connectivity index is -0.0000000534. The summed E-state index contributed by atoms with van der Waals surface area (Å²) in [6.07, 6.45) is -6.41. The predicted octanol–water partition coefficient (Wildman–Crippen LogP) is -6.86. The van der Waals surface area contributed by atoms with Crippen LogP contribution in [-0.4, -0.2) is 293 Å². The number of carboxylic acids is 6. The maximum absolute atomic E-state index is 10.3. The van der Waals surface area contributed by atoms with E-state index in [1.54, 1.807) is 0 Å². The van der Waals surface area contributed by atoms with E-state index in [0.29, 0.717) is 0 Å². The molecule has 192 valence electrons. The fourth-order valence-electron chi connectivity index (χ4n) is 1.43. The van der Waals surface area contributed by atoms with Crippen molar-refractivity contribution >= 4 is 231 Å². The molecule has 0 aromatic heterocycles. The molecule has 0 aliphatic carbocycles. The minimum absolute atomic E-state index is 0. The second kappa shape index (κ2) is 29.3. The summed E-state index contributed by atoms with van der Waals surface area (Å²) in [5.74, 6) is -10.0. The molecule has 0 aromatic rings. The van der Waals surface area contributed by atoms with Crippen LogP contribution in [0.15, 0.2) is 0 Å². The number of carbonyl (C=O) groups is 7.